The van der Waals surface area contributed by atoms with Gasteiger partial charge >= 0.3 is 0 Å². The molecule has 136 valence electrons. The van der Waals surface area contributed by atoms with Crippen LogP contribution in [-0.4, -0.2) is 79.4 Å². The van der Waals surface area contributed by atoms with Gasteiger partial charge in [0.05, 0.1) is 11.3 Å². The van der Waals surface area contributed by atoms with Crippen molar-refractivity contribution in [2.75, 3.05) is 38.5 Å². The zero-order chi connectivity index (χ0) is 17.4. The predicted octanol–water partition coefficient (Wildman–Crippen LogP) is 0.571. The summed E-state index contributed by atoms with van der Waals surface area (Å²) < 4.78 is 27.5. The molecule has 0 N–H and O–H groups in total. The molecule has 0 bridgehead atoms. The molecular weight excluding hydrogens is 340 g/mol. The molecule has 0 aromatic carbocycles. The van der Waals surface area contributed by atoms with Crippen LogP contribution in [0.1, 0.15) is 25.7 Å². The zero-order valence-corrected chi connectivity index (χ0v) is 15.1. The molecule has 0 aromatic heterocycles. The Balaban J connectivity index is 1.46. The molecule has 3 aliphatic heterocycles. The number of piperazine rings is 1. The molecule has 0 aromatic rings. The van der Waals surface area contributed by atoms with E-state index in [1.807, 2.05) is 4.90 Å². The van der Waals surface area contributed by atoms with E-state index < -0.39 is 10.0 Å². The van der Waals surface area contributed by atoms with Crippen LogP contribution in [0.3, 0.4) is 0 Å². The molecule has 8 heteroatoms. The first kappa shape index (κ1) is 16.8. The van der Waals surface area contributed by atoms with Gasteiger partial charge in [0, 0.05) is 45.0 Å². The van der Waals surface area contributed by atoms with Gasteiger partial charge in [0.1, 0.15) is 0 Å². The number of rotatable bonds is 2. The van der Waals surface area contributed by atoms with Crippen molar-refractivity contribution < 1.29 is 13.2 Å². The molecule has 0 atom stereocenters. The number of carbonyl (C=O) groups excluding carboxylic acids is 1. The molecule has 0 radical (unpaired) electrons. The number of amides is 1. The fourth-order valence-corrected chi connectivity index (χ4v) is 5.10. The van der Waals surface area contributed by atoms with Gasteiger partial charge in [-0.05, 0) is 25.0 Å². The van der Waals surface area contributed by atoms with Crippen LogP contribution in [0.25, 0.3) is 0 Å². The van der Waals surface area contributed by atoms with Crippen LogP contribution in [0.4, 0.5) is 0 Å². The Labute approximate surface area is 148 Å². The third kappa shape index (κ3) is 3.37. The molecule has 1 saturated carbocycles. The van der Waals surface area contributed by atoms with Gasteiger partial charge < -0.3 is 9.80 Å². The molecular formula is C17H24N4O3S. The molecule has 7 nitrogen and oxygen atoms in total. The molecule has 4 rings (SSSR count). The number of hydrogen-bond donors (Lipinski definition) is 0. The average Bonchev–Trinajstić information content (AvgIpc) is 3.15. The Morgan fingerprint density at radius 3 is 2.52 bits per heavy atom. The second kappa shape index (κ2) is 6.57. The number of nitrogens with zero attached hydrogens (tertiary/aromatic N) is 4. The van der Waals surface area contributed by atoms with Crippen LogP contribution >= 0.6 is 0 Å². The Hall–Kier alpha value is -1.67. The van der Waals surface area contributed by atoms with Crippen LogP contribution in [0, 0.1) is 0 Å². The largest absolute Gasteiger partial charge is 0.336 e. The van der Waals surface area contributed by atoms with E-state index in [4.69, 9.17) is 0 Å². The molecule has 3 heterocycles. The topological polar surface area (TPSA) is 73.3 Å². The van der Waals surface area contributed by atoms with Crippen molar-refractivity contribution in [2.45, 2.75) is 31.7 Å². The minimum Gasteiger partial charge on any atom is -0.336 e. The maximum absolute atomic E-state index is 12.9. The number of hydrogen-bond acceptors (Lipinski definition) is 5. The Morgan fingerprint density at radius 1 is 1.08 bits per heavy atom. The van der Waals surface area contributed by atoms with Crippen LogP contribution in [0.5, 0.6) is 0 Å². The molecule has 1 amide bonds. The van der Waals surface area contributed by atoms with Crippen molar-refractivity contribution in [3.63, 3.8) is 0 Å². The lowest BCUT2D eigenvalue weighted by molar-refractivity contribution is -0.128. The minimum absolute atomic E-state index is 0.0115. The fourth-order valence-electron chi connectivity index (χ4n) is 4.11. The van der Waals surface area contributed by atoms with Crippen molar-refractivity contribution in [1.82, 2.24) is 14.7 Å². The van der Waals surface area contributed by atoms with E-state index in [9.17, 15) is 13.2 Å². The van der Waals surface area contributed by atoms with E-state index >= 15 is 0 Å². The van der Waals surface area contributed by atoms with Gasteiger partial charge in [-0.3, -0.25) is 9.69 Å². The number of carbonyl (C=O) groups is 1. The van der Waals surface area contributed by atoms with E-state index in [2.05, 4.69) is 9.30 Å². The lowest BCUT2D eigenvalue weighted by Gasteiger charge is -2.39. The third-order valence-electron chi connectivity index (χ3n) is 5.53. The Kier molecular flexibility index (Phi) is 4.41. The molecule has 1 saturated heterocycles. The lowest BCUT2D eigenvalue weighted by atomic mass is 10.1. The highest BCUT2D eigenvalue weighted by molar-refractivity contribution is 7.90. The van der Waals surface area contributed by atoms with Gasteiger partial charge in [0.25, 0.3) is 15.9 Å². The Bertz CT molecular complexity index is 742. The SMILES string of the molecule is O=C(C1=CC=CN2CCS(=O)(=O)N=C12)N1CCN(C2CCCC2)CC1. The number of allylic oxidation sites excluding steroid dienone is 2. The summed E-state index contributed by atoms with van der Waals surface area (Å²) >= 11 is 0. The van der Waals surface area contributed by atoms with E-state index in [1.165, 1.54) is 25.7 Å². The standard InChI is InChI=1S/C17H24N4O3S/c22-17(21-10-8-19(9-11-21)14-4-1-2-5-14)15-6-3-7-20-12-13-25(23,24)18-16(15)20/h3,6-7,14H,1-2,4-5,8-13H2. The van der Waals surface area contributed by atoms with Crippen molar-refractivity contribution in [3.8, 4) is 0 Å². The van der Waals surface area contributed by atoms with Crippen molar-refractivity contribution in [1.29, 1.82) is 0 Å². The molecule has 0 spiro atoms. The highest BCUT2D eigenvalue weighted by Gasteiger charge is 2.34. The normalized spacial score (nSPS) is 27.0. The van der Waals surface area contributed by atoms with Crippen LogP contribution in [0.15, 0.2) is 28.3 Å². The zero-order valence-electron chi connectivity index (χ0n) is 14.3. The highest BCUT2D eigenvalue weighted by Crippen LogP contribution is 2.25. The highest BCUT2D eigenvalue weighted by atomic mass is 32.2. The van der Waals surface area contributed by atoms with Gasteiger partial charge in [-0.2, -0.15) is 0 Å². The fraction of sp³-hybridized carbons (Fsp3) is 0.647. The number of amidine groups is 1. The smallest absolute Gasteiger partial charge is 0.257 e. The van der Waals surface area contributed by atoms with Crippen LogP contribution in [-0.2, 0) is 14.8 Å². The quantitative estimate of drug-likeness (QED) is 0.716. The van der Waals surface area contributed by atoms with Gasteiger partial charge in [-0.1, -0.05) is 12.8 Å². The maximum Gasteiger partial charge on any atom is 0.257 e. The summed E-state index contributed by atoms with van der Waals surface area (Å²) in [4.78, 5) is 19.0. The van der Waals surface area contributed by atoms with Crippen LogP contribution < -0.4 is 0 Å². The first-order chi connectivity index (χ1) is 12.0. The second-order valence-electron chi connectivity index (χ2n) is 7.08. The third-order valence-corrected chi connectivity index (χ3v) is 6.68. The summed E-state index contributed by atoms with van der Waals surface area (Å²) in [5.74, 6) is 0.149. The second-order valence-corrected chi connectivity index (χ2v) is 8.84. The van der Waals surface area contributed by atoms with E-state index in [-0.39, 0.29) is 17.5 Å². The molecule has 1 aliphatic carbocycles. The molecule has 2 fully saturated rings. The number of sulfonamides is 1. The van der Waals surface area contributed by atoms with Gasteiger partial charge in [-0.15, -0.1) is 4.40 Å². The summed E-state index contributed by atoms with van der Waals surface area (Å²) in [5.41, 5.74) is 0.389. The lowest BCUT2D eigenvalue weighted by Crippen LogP contribution is -2.53. The number of fused-ring (bicyclic) bond motifs is 1. The summed E-state index contributed by atoms with van der Waals surface area (Å²) in [7, 11) is -3.48. The molecule has 0 unspecified atom stereocenters. The summed E-state index contributed by atoms with van der Waals surface area (Å²) in [6.45, 7) is 3.52. The summed E-state index contributed by atoms with van der Waals surface area (Å²) in [6.07, 6.45) is 10.4. The van der Waals surface area contributed by atoms with E-state index in [0.717, 1.165) is 13.1 Å². The van der Waals surface area contributed by atoms with Gasteiger partial charge in [-0.25, -0.2) is 8.42 Å². The van der Waals surface area contributed by atoms with Gasteiger partial charge in [0.2, 0.25) is 0 Å². The maximum atomic E-state index is 12.9. The first-order valence-corrected chi connectivity index (χ1v) is 10.7. The first-order valence-electron chi connectivity index (χ1n) is 9.05. The summed E-state index contributed by atoms with van der Waals surface area (Å²) in [5, 5.41) is 0. The Morgan fingerprint density at radius 2 is 1.80 bits per heavy atom. The van der Waals surface area contributed by atoms with E-state index in [0.29, 0.717) is 31.2 Å². The van der Waals surface area contributed by atoms with Crippen molar-refractivity contribution >= 4 is 21.8 Å². The minimum atomic E-state index is -3.48. The molecule has 25 heavy (non-hydrogen) atoms. The average molecular weight is 364 g/mol. The molecule has 4 aliphatic rings. The van der Waals surface area contributed by atoms with Crippen molar-refractivity contribution in [2.24, 2.45) is 4.40 Å². The van der Waals surface area contributed by atoms with E-state index in [1.54, 1.807) is 23.3 Å². The monoisotopic (exact) mass is 364 g/mol. The predicted molar refractivity (Wildman–Crippen MR) is 95.6 cm³/mol. The van der Waals surface area contributed by atoms with Gasteiger partial charge in [0.15, 0.2) is 5.84 Å². The summed E-state index contributed by atoms with van der Waals surface area (Å²) in [6, 6.07) is 0.678. The van der Waals surface area contributed by atoms with Crippen LogP contribution in [0.2, 0.25) is 0 Å². The van der Waals surface area contributed by atoms with Crippen molar-refractivity contribution in [3.05, 3.63) is 23.9 Å².